The largest absolute Gasteiger partial charge is 0.469 e. The maximum Gasteiger partial charge on any atom is 0.305 e. The Hall–Kier alpha value is -1.10. The standard InChI is InChI=1S/C11H16N2O2S/c1-15-10(14)8-9-2-5-13(6-3-9)11-12-4-7-16-11/h4,7,9H,2-3,5-6,8H2,1H3. The van der Waals surface area contributed by atoms with E-state index in [9.17, 15) is 4.79 Å². The van der Waals surface area contributed by atoms with Crippen LogP contribution in [0.4, 0.5) is 5.13 Å². The fraction of sp³-hybridized carbons (Fsp3) is 0.636. The lowest BCUT2D eigenvalue weighted by atomic mass is 9.94. The molecule has 1 fully saturated rings. The lowest BCUT2D eigenvalue weighted by Gasteiger charge is -2.31. The Morgan fingerprint density at radius 1 is 1.62 bits per heavy atom. The van der Waals surface area contributed by atoms with E-state index in [0.717, 1.165) is 31.1 Å². The average Bonchev–Trinajstić information content (AvgIpc) is 2.83. The maximum absolute atomic E-state index is 11.1. The molecular weight excluding hydrogens is 224 g/mol. The van der Waals surface area contributed by atoms with E-state index < -0.39 is 0 Å². The van der Waals surface area contributed by atoms with Crippen LogP contribution in [0.5, 0.6) is 0 Å². The monoisotopic (exact) mass is 240 g/mol. The molecule has 0 saturated carbocycles. The van der Waals surface area contributed by atoms with Gasteiger partial charge in [-0.25, -0.2) is 4.98 Å². The Kier molecular flexibility index (Phi) is 3.77. The molecule has 5 heteroatoms. The van der Waals surface area contributed by atoms with Gasteiger partial charge in [-0.05, 0) is 18.8 Å². The second kappa shape index (κ2) is 5.30. The Bertz CT molecular complexity index is 332. The highest BCUT2D eigenvalue weighted by molar-refractivity contribution is 7.13. The van der Waals surface area contributed by atoms with Crippen molar-refractivity contribution in [2.45, 2.75) is 19.3 Å². The van der Waals surface area contributed by atoms with Gasteiger partial charge < -0.3 is 9.64 Å². The number of rotatable bonds is 3. The summed E-state index contributed by atoms with van der Waals surface area (Å²) in [7, 11) is 1.45. The molecule has 1 saturated heterocycles. The Morgan fingerprint density at radius 2 is 2.38 bits per heavy atom. The Morgan fingerprint density at radius 3 is 2.94 bits per heavy atom. The zero-order valence-electron chi connectivity index (χ0n) is 9.39. The van der Waals surface area contributed by atoms with Crippen LogP contribution in [-0.2, 0) is 9.53 Å². The molecule has 4 nitrogen and oxygen atoms in total. The third kappa shape index (κ3) is 2.72. The van der Waals surface area contributed by atoms with E-state index in [-0.39, 0.29) is 5.97 Å². The molecule has 0 spiro atoms. The first-order chi connectivity index (χ1) is 7.79. The summed E-state index contributed by atoms with van der Waals surface area (Å²) < 4.78 is 4.69. The lowest BCUT2D eigenvalue weighted by molar-refractivity contribution is -0.141. The van der Waals surface area contributed by atoms with Crippen molar-refractivity contribution >= 4 is 22.4 Å². The Labute approximate surface area is 99.2 Å². The first kappa shape index (κ1) is 11.4. The predicted molar refractivity (Wildman–Crippen MR) is 63.7 cm³/mol. The number of carbonyl (C=O) groups excluding carboxylic acids is 1. The summed E-state index contributed by atoms with van der Waals surface area (Å²) in [5, 5.41) is 3.09. The summed E-state index contributed by atoms with van der Waals surface area (Å²) in [5.74, 6) is 0.386. The van der Waals surface area contributed by atoms with Crippen LogP contribution >= 0.6 is 11.3 Å². The average molecular weight is 240 g/mol. The first-order valence-corrected chi connectivity index (χ1v) is 6.39. The van der Waals surface area contributed by atoms with Crippen molar-refractivity contribution in [2.75, 3.05) is 25.1 Å². The topological polar surface area (TPSA) is 42.4 Å². The van der Waals surface area contributed by atoms with E-state index in [1.807, 2.05) is 11.6 Å². The van der Waals surface area contributed by atoms with Gasteiger partial charge >= 0.3 is 5.97 Å². The van der Waals surface area contributed by atoms with Crippen molar-refractivity contribution in [3.05, 3.63) is 11.6 Å². The van der Waals surface area contributed by atoms with Crippen LogP contribution in [0.2, 0.25) is 0 Å². The number of piperidine rings is 1. The van der Waals surface area contributed by atoms with E-state index in [2.05, 4.69) is 14.6 Å². The van der Waals surface area contributed by atoms with Crippen molar-refractivity contribution < 1.29 is 9.53 Å². The fourth-order valence-electron chi connectivity index (χ4n) is 2.02. The van der Waals surface area contributed by atoms with Crippen LogP contribution < -0.4 is 4.90 Å². The summed E-state index contributed by atoms with van der Waals surface area (Å²) in [4.78, 5) is 17.7. The molecule has 0 aromatic carbocycles. The highest BCUT2D eigenvalue weighted by Gasteiger charge is 2.22. The second-order valence-electron chi connectivity index (χ2n) is 4.03. The smallest absolute Gasteiger partial charge is 0.305 e. The second-order valence-corrected chi connectivity index (χ2v) is 4.90. The first-order valence-electron chi connectivity index (χ1n) is 5.51. The van der Waals surface area contributed by atoms with E-state index in [0.29, 0.717) is 12.3 Å². The van der Waals surface area contributed by atoms with Crippen LogP contribution in [0.1, 0.15) is 19.3 Å². The third-order valence-corrected chi connectivity index (χ3v) is 3.82. The molecule has 1 aromatic heterocycles. The Balaban J connectivity index is 1.81. The number of hydrogen-bond acceptors (Lipinski definition) is 5. The van der Waals surface area contributed by atoms with Gasteiger partial charge in [0.2, 0.25) is 0 Å². The number of anilines is 1. The van der Waals surface area contributed by atoms with Gasteiger partial charge in [0.05, 0.1) is 7.11 Å². The maximum atomic E-state index is 11.1. The number of esters is 1. The molecule has 1 aliphatic rings. The van der Waals surface area contributed by atoms with Gasteiger partial charge in [0, 0.05) is 31.1 Å². The number of carbonyl (C=O) groups is 1. The molecule has 0 bridgehead atoms. The van der Waals surface area contributed by atoms with Crippen LogP contribution in [0.3, 0.4) is 0 Å². The molecular formula is C11H16N2O2S. The van der Waals surface area contributed by atoms with Gasteiger partial charge in [-0.2, -0.15) is 0 Å². The summed E-state index contributed by atoms with van der Waals surface area (Å²) in [6.07, 6.45) is 4.49. The van der Waals surface area contributed by atoms with Crippen molar-refractivity contribution in [1.29, 1.82) is 0 Å². The molecule has 16 heavy (non-hydrogen) atoms. The van der Waals surface area contributed by atoms with Gasteiger partial charge in [0.25, 0.3) is 0 Å². The lowest BCUT2D eigenvalue weighted by Crippen LogP contribution is -2.34. The van der Waals surface area contributed by atoms with E-state index >= 15 is 0 Å². The minimum Gasteiger partial charge on any atom is -0.469 e. The molecule has 0 unspecified atom stereocenters. The van der Waals surface area contributed by atoms with E-state index in [1.165, 1.54) is 7.11 Å². The zero-order valence-corrected chi connectivity index (χ0v) is 10.2. The normalized spacial score (nSPS) is 17.4. The quantitative estimate of drug-likeness (QED) is 0.757. The van der Waals surface area contributed by atoms with Crippen molar-refractivity contribution in [1.82, 2.24) is 4.98 Å². The summed E-state index contributed by atoms with van der Waals surface area (Å²) in [5.41, 5.74) is 0. The molecule has 1 aromatic rings. The number of methoxy groups -OCH3 is 1. The van der Waals surface area contributed by atoms with Crippen LogP contribution in [0.25, 0.3) is 0 Å². The molecule has 0 atom stereocenters. The van der Waals surface area contributed by atoms with Crippen LogP contribution in [-0.4, -0.2) is 31.2 Å². The molecule has 0 N–H and O–H groups in total. The number of nitrogens with zero attached hydrogens (tertiary/aromatic N) is 2. The SMILES string of the molecule is COC(=O)CC1CCN(c2nccs2)CC1. The third-order valence-electron chi connectivity index (χ3n) is 2.99. The van der Waals surface area contributed by atoms with Gasteiger partial charge in [-0.1, -0.05) is 0 Å². The molecule has 2 rings (SSSR count). The summed E-state index contributed by atoms with van der Waals surface area (Å²) in [6.45, 7) is 1.99. The molecule has 1 aliphatic heterocycles. The van der Waals surface area contributed by atoms with Gasteiger partial charge in [0.1, 0.15) is 0 Å². The van der Waals surface area contributed by atoms with Crippen LogP contribution in [0.15, 0.2) is 11.6 Å². The minimum atomic E-state index is -0.0901. The molecule has 0 amide bonds. The van der Waals surface area contributed by atoms with Gasteiger partial charge in [-0.3, -0.25) is 4.79 Å². The number of aromatic nitrogens is 1. The predicted octanol–water partition coefficient (Wildman–Crippen LogP) is 1.92. The van der Waals surface area contributed by atoms with Crippen molar-refractivity contribution in [3.63, 3.8) is 0 Å². The number of hydrogen-bond donors (Lipinski definition) is 0. The number of ether oxygens (including phenoxy) is 1. The highest BCUT2D eigenvalue weighted by Crippen LogP contribution is 2.26. The van der Waals surface area contributed by atoms with Gasteiger partial charge in [0.15, 0.2) is 5.13 Å². The van der Waals surface area contributed by atoms with E-state index in [4.69, 9.17) is 0 Å². The fourth-order valence-corrected chi connectivity index (χ4v) is 2.72. The molecule has 0 radical (unpaired) electrons. The summed E-state index contributed by atoms with van der Waals surface area (Å²) >= 11 is 1.67. The van der Waals surface area contributed by atoms with E-state index in [1.54, 1.807) is 11.3 Å². The molecule has 88 valence electrons. The number of thiazole rings is 1. The summed E-state index contributed by atoms with van der Waals surface area (Å²) in [6, 6.07) is 0. The minimum absolute atomic E-state index is 0.0901. The zero-order chi connectivity index (χ0) is 11.4. The molecule has 2 heterocycles. The van der Waals surface area contributed by atoms with Gasteiger partial charge in [-0.15, -0.1) is 11.3 Å². The molecule has 0 aliphatic carbocycles. The van der Waals surface area contributed by atoms with Crippen molar-refractivity contribution in [3.8, 4) is 0 Å². The van der Waals surface area contributed by atoms with Crippen LogP contribution in [0, 0.1) is 5.92 Å². The van der Waals surface area contributed by atoms with Crippen molar-refractivity contribution in [2.24, 2.45) is 5.92 Å². The highest BCUT2D eigenvalue weighted by atomic mass is 32.1.